The highest BCUT2D eigenvalue weighted by molar-refractivity contribution is 7.80. The second kappa shape index (κ2) is 10.8. The first-order chi connectivity index (χ1) is 12.2. The lowest BCUT2D eigenvalue weighted by Crippen LogP contribution is -2.34. The molecule has 0 bridgehead atoms. The summed E-state index contributed by atoms with van der Waals surface area (Å²) >= 11 is 6.52. The van der Waals surface area contributed by atoms with Crippen molar-refractivity contribution in [2.24, 2.45) is 0 Å². The lowest BCUT2D eigenvalue weighted by atomic mass is 10.2. The number of carbonyl (C=O) groups excluding carboxylic acids is 1. The fourth-order valence-electron chi connectivity index (χ4n) is 2.19. The third-order valence-electron chi connectivity index (χ3n) is 3.51. The van der Waals surface area contributed by atoms with Gasteiger partial charge in [-0.1, -0.05) is 32.6 Å². The molecule has 1 amide bonds. The van der Waals surface area contributed by atoms with Crippen molar-refractivity contribution in [3.63, 3.8) is 0 Å². The van der Waals surface area contributed by atoms with Gasteiger partial charge in [0.05, 0.1) is 6.61 Å². The molecule has 2 aromatic rings. The minimum absolute atomic E-state index is 0.229. The van der Waals surface area contributed by atoms with Crippen LogP contribution < -0.4 is 15.4 Å². The zero-order valence-electron chi connectivity index (χ0n) is 14.3. The van der Waals surface area contributed by atoms with Gasteiger partial charge in [0, 0.05) is 17.1 Å². The first kappa shape index (κ1) is 19.3. The maximum Gasteiger partial charge on any atom is 0.257 e. The van der Waals surface area contributed by atoms with E-state index < -0.39 is 0 Å². The molecule has 0 aliphatic heterocycles. The van der Waals surface area contributed by atoms with Crippen molar-refractivity contribution in [3.05, 3.63) is 41.4 Å². The molecular formula is C18H23N3O2S2. The molecule has 134 valence electrons. The van der Waals surface area contributed by atoms with Gasteiger partial charge in [-0.25, -0.2) is 4.98 Å². The van der Waals surface area contributed by atoms with E-state index >= 15 is 0 Å². The molecule has 2 rings (SSSR count). The molecule has 1 aromatic heterocycles. The smallest absolute Gasteiger partial charge is 0.257 e. The number of carbonyl (C=O) groups is 1. The largest absolute Gasteiger partial charge is 0.494 e. The molecular weight excluding hydrogens is 354 g/mol. The van der Waals surface area contributed by atoms with Crippen molar-refractivity contribution in [1.29, 1.82) is 0 Å². The van der Waals surface area contributed by atoms with Crippen LogP contribution in [0.5, 0.6) is 5.75 Å². The van der Waals surface area contributed by atoms with Crippen molar-refractivity contribution >= 4 is 39.7 Å². The van der Waals surface area contributed by atoms with Gasteiger partial charge in [0.25, 0.3) is 5.91 Å². The first-order valence-electron chi connectivity index (χ1n) is 8.43. The Morgan fingerprint density at radius 3 is 2.64 bits per heavy atom. The van der Waals surface area contributed by atoms with Gasteiger partial charge >= 0.3 is 0 Å². The van der Waals surface area contributed by atoms with Crippen LogP contribution >= 0.6 is 23.6 Å². The van der Waals surface area contributed by atoms with Gasteiger partial charge in [-0.2, -0.15) is 0 Å². The Kier molecular flexibility index (Phi) is 8.34. The number of unbranched alkanes of at least 4 members (excludes halogenated alkanes) is 4. The Labute approximate surface area is 157 Å². The minimum atomic E-state index is -0.264. The number of ether oxygens (including phenoxy) is 1. The van der Waals surface area contributed by atoms with Crippen LogP contribution in [-0.2, 0) is 0 Å². The van der Waals surface area contributed by atoms with E-state index in [1.54, 1.807) is 30.5 Å². The Hall–Kier alpha value is -1.99. The van der Waals surface area contributed by atoms with Crippen LogP contribution in [0.2, 0.25) is 0 Å². The van der Waals surface area contributed by atoms with Crippen LogP contribution in [0, 0.1) is 0 Å². The lowest BCUT2D eigenvalue weighted by molar-refractivity contribution is 0.0977. The van der Waals surface area contributed by atoms with Crippen molar-refractivity contribution in [2.45, 2.75) is 39.0 Å². The molecule has 7 heteroatoms. The number of hydrogen-bond donors (Lipinski definition) is 2. The summed E-state index contributed by atoms with van der Waals surface area (Å²) in [4.78, 5) is 16.2. The van der Waals surface area contributed by atoms with Gasteiger partial charge in [-0.05, 0) is 42.9 Å². The summed E-state index contributed by atoms with van der Waals surface area (Å²) in [6.07, 6.45) is 7.70. The number of anilines is 1. The van der Waals surface area contributed by atoms with Crippen molar-refractivity contribution < 1.29 is 9.53 Å². The molecule has 0 saturated heterocycles. The van der Waals surface area contributed by atoms with E-state index in [1.807, 2.05) is 5.38 Å². The minimum Gasteiger partial charge on any atom is -0.494 e. The molecule has 0 unspecified atom stereocenters. The Balaban J connectivity index is 1.73. The van der Waals surface area contributed by atoms with Gasteiger partial charge in [-0.15, -0.1) is 11.3 Å². The number of nitrogens with one attached hydrogen (secondary N) is 2. The molecule has 2 N–H and O–H groups in total. The normalized spacial score (nSPS) is 10.3. The van der Waals surface area contributed by atoms with Gasteiger partial charge in [0.15, 0.2) is 10.2 Å². The van der Waals surface area contributed by atoms with Crippen LogP contribution in [0.1, 0.15) is 49.4 Å². The number of thiocarbonyl (C=S) groups is 1. The van der Waals surface area contributed by atoms with E-state index in [2.05, 4.69) is 22.5 Å². The van der Waals surface area contributed by atoms with E-state index in [1.165, 1.54) is 37.0 Å². The number of hydrogen-bond acceptors (Lipinski definition) is 5. The van der Waals surface area contributed by atoms with Crippen LogP contribution in [0.3, 0.4) is 0 Å². The van der Waals surface area contributed by atoms with E-state index in [4.69, 9.17) is 17.0 Å². The second-order valence-electron chi connectivity index (χ2n) is 5.53. The molecule has 5 nitrogen and oxygen atoms in total. The number of benzene rings is 1. The third-order valence-corrected chi connectivity index (χ3v) is 4.41. The predicted molar refractivity (Wildman–Crippen MR) is 106 cm³/mol. The van der Waals surface area contributed by atoms with Gasteiger partial charge in [-0.3, -0.25) is 10.1 Å². The fourth-order valence-corrected chi connectivity index (χ4v) is 2.97. The Morgan fingerprint density at radius 2 is 1.96 bits per heavy atom. The molecule has 0 spiro atoms. The van der Waals surface area contributed by atoms with E-state index in [9.17, 15) is 4.79 Å². The van der Waals surface area contributed by atoms with Crippen LogP contribution in [0.25, 0.3) is 0 Å². The lowest BCUT2D eigenvalue weighted by Gasteiger charge is -2.09. The molecule has 0 aliphatic carbocycles. The maximum absolute atomic E-state index is 12.2. The summed E-state index contributed by atoms with van der Waals surface area (Å²) < 4.78 is 5.70. The molecule has 0 aliphatic rings. The number of nitrogens with zero attached hydrogens (tertiary/aromatic N) is 1. The summed E-state index contributed by atoms with van der Waals surface area (Å²) in [5.41, 5.74) is 0.526. The molecule has 0 atom stereocenters. The van der Waals surface area contributed by atoms with Crippen molar-refractivity contribution in [2.75, 3.05) is 11.9 Å². The van der Waals surface area contributed by atoms with Crippen molar-refractivity contribution in [1.82, 2.24) is 10.3 Å². The topological polar surface area (TPSA) is 63.2 Å². The molecule has 0 radical (unpaired) electrons. The number of aromatic nitrogens is 1. The van der Waals surface area contributed by atoms with Crippen LogP contribution in [-0.4, -0.2) is 22.6 Å². The standard InChI is InChI=1S/C18H23N3O2S2/c1-2-3-4-5-6-12-23-15-9-7-14(8-10-15)16(22)20-17(24)21-18-19-11-13-25-18/h7-11,13H,2-6,12H2,1H3,(H2,19,20,21,22,24). The van der Waals surface area contributed by atoms with Crippen LogP contribution in [0.15, 0.2) is 35.8 Å². The summed E-state index contributed by atoms with van der Waals surface area (Å²) in [7, 11) is 0. The SMILES string of the molecule is CCCCCCCOc1ccc(C(=O)NC(=S)Nc2nccs2)cc1. The average Bonchev–Trinajstić information content (AvgIpc) is 3.11. The second-order valence-corrected chi connectivity index (χ2v) is 6.84. The Bertz CT molecular complexity index is 657. The van der Waals surface area contributed by atoms with Crippen LogP contribution in [0.4, 0.5) is 5.13 Å². The maximum atomic E-state index is 12.2. The fraction of sp³-hybridized carbons (Fsp3) is 0.389. The molecule has 1 heterocycles. The summed E-state index contributed by atoms with van der Waals surface area (Å²) in [5.74, 6) is 0.510. The number of amides is 1. The molecule has 0 saturated carbocycles. The number of thiazole rings is 1. The van der Waals surface area contributed by atoms with Gasteiger partial charge in [0.2, 0.25) is 0 Å². The highest BCUT2D eigenvalue weighted by Gasteiger charge is 2.09. The summed E-state index contributed by atoms with van der Waals surface area (Å²) in [6, 6.07) is 7.07. The van der Waals surface area contributed by atoms with E-state index in [-0.39, 0.29) is 11.0 Å². The summed E-state index contributed by atoms with van der Waals surface area (Å²) in [5, 5.41) is 8.20. The summed E-state index contributed by atoms with van der Waals surface area (Å²) in [6.45, 7) is 2.91. The van der Waals surface area contributed by atoms with E-state index in [0.717, 1.165) is 12.2 Å². The third kappa shape index (κ3) is 7.19. The number of rotatable bonds is 9. The van der Waals surface area contributed by atoms with Gasteiger partial charge in [0.1, 0.15) is 5.75 Å². The molecule has 1 aromatic carbocycles. The monoisotopic (exact) mass is 377 g/mol. The van der Waals surface area contributed by atoms with Crippen molar-refractivity contribution in [3.8, 4) is 5.75 Å². The zero-order chi connectivity index (χ0) is 17.9. The van der Waals surface area contributed by atoms with Gasteiger partial charge < -0.3 is 10.1 Å². The molecule has 25 heavy (non-hydrogen) atoms. The highest BCUT2D eigenvalue weighted by atomic mass is 32.1. The predicted octanol–water partition coefficient (Wildman–Crippen LogP) is 4.62. The Morgan fingerprint density at radius 1 is 1.20 bits per heavy atom. The highest BCUT2D eigenvalue weighted by Crippen LogP contribution is 2.14. The van der Waals surface area contributed by atoms with E-state index in [0.29, 0.717) is 17.3 Å². The first-order valence-corrected chi connectivity index (χ1v) is 9.72. The average molecular weight is 378 g/mol. The molecule has 0 fully saturated rings. The quantitative estimate of drug-likeness (QED) is 0.493. The zero-order valence-corrected chi connectivity index (χ0v) is 15.9.